The summed E-state index contributed by atoms with van der Waals surface area (Å²) in [4.78, 5) is 12.0. The number of nitrogens with zero attached hydrogens (tertiary/aromatic N) is 1. The smallest absolute Gasteiger partial charge is 0.244 e. The van der Waals surface area contributed by atoms with E-state index in [4.69, 9.17) is 4.74 Å². The van der Waals surface area contributed by atoms with Gasteiger partial charge in [-0.05, 0) is 43.7 Å². The second-order valence-electron chi connectivity index (χ2n) is 7.26. The topological polar surface area (TPSA) is 122 Å². The van der Waals surface area contributed by atoms with Gasteiger partial charge in [0, 0.05) is 18.8 Å². The van der Waals surface area contributed by atoms with Crippen LogP contribution in [-0.2, 0) is 29.6 Å². The SMILES string of the molecule is Cc1ccc(NC(=O)[C@H](C)NS(=O)(=O)c2ccccc2F)cc1S(=O)(=O)N1CCOCC1. The number of sulfonamides is 2. The van der Waals surface area contributed by atoms with E-state index in [1.54, 1.807) is 13.0 Å². The maximum Gasteiger partial charge on any atom is 0.244 e. The van der Waals surface area contributed by atoms with Crippen molar-refractivity contribution >= 4 is 31.6 Å². The van der Waals surface area contributed by atoms with Gasteiger partial charge in [0.05, 0.1) is 24.2 Å². The van der Waals surface area contributed by atoms with Crippen LogP contribution in [0.3, 0.4) is 0 Å². The second kappa shape index (κ2) is 9.63. The molecule has 0 unspecified atom stereocenters. The molecule has 1 aliphatic heterocycles. The van der Waals surface area contributed by atoms with E-state index < -0.39 is 42.7 Å². The van der Waals surface area contributed by atoms with Crippen molar-refractivity contribution in [2.75, 3.05) is 31.6 Å². The van der Waals surface area contributed by atoms with Crippen molar-refractivity contribution < 1.29 is 30.8 Å². The molecule has 0 radical (unpaired) electrons. The summed E-state index contributed by atoms with van der Waals surface area (Å²) in [7, 11) is -8.07. The summed E-state index contributed by atoms with van der Waals surface area (Å²) in [5.74, 6) is -1.67. The van der Waals surface area contributed by atoms with E-state index in [-0.39, 0.29) is 23.7 Å². The summed E-state index contributed by atoms with van der Waals surface area (Å²) >= 11 is 0. The lowest BCUT2D eigenvalue weighted by Crippen LogP contribution is -2.42. The van der Waals surface area contributed by atoms with Crippen molar-refractivity contribution in [3.05, 3.63) is 53.8 Å². The van der Waals surface area contributed by atoms with Crippen LogP contribution in [0, 0.1) is 12.7 Å². The molecule has 12 heteroatoms. The lowest BCUT2D eigenvalue weighted by Gasteiger charge is -2.27. The number of rotatable bonds is 7. The molecule has 0 aliphatic carbocycles. The molecule has 2 aromatic carbocycles. The van der Waals surface area contributed by atoms with Crippen LogP contribution in [0.4, 0.5) is 10.1 Å². The van der Waals surface area contributed by atoms with Crippen LogP contribution >= 0.6 is 0 Å². The first-order valence-electron chi connectivity index (χ1n) is 9.78. The minimum Gasteiger partial charge on any atom is -0.379 e. The summed E-state index contributed by atoms with van der Waals surface area (Å²) < 4.78 is 73.3. The molecule has 9 nitrogen and oxygen atoms in total. The summed E-state index contributed by atoms with van der Waals surface area (Å²) in [5, 5.41) is 2.51. The van der Waals surface area contributed by atoms with Crippen molar-refractivity contribution in [1.29, 1.82) is 0 Å². The summed E-state index contributed by atoms with van der Waals surface area (Å²) in [5.41, 5.74) is 0.687. The highest BCUT2D eigenvalue weighted by Crippen LogP contribution is 2.24. The fraction of sp³-hybridized carbons (Fsp3) is 0.350. The zero-order chi connectivity index (χ0) is 23.5. The number of carbonyl (C=O) groups excluding carboxylic acids is 1. The summed E-state index contributed by atoms with van der Waals surface area (Å²) in [6.45, 7) is 4.00. The molecule has 0 aromatic heterocycles. The Bertz CT molecular complexity index is 1210. The second-order valence-corrected chi connectivity index (χ2v) is 10.8. The van der Waals surface area contributed by atoms with Crippen LogP contribution in [0.25, 0.3) is 0 Å². The predicted octanol–water partition coefficient (Wildman–Crippen LogP) is 1.46. The molecule has 0 saturated carbocycles. The number of hydrogen-bond acceptors (Lipinski definition) is 6. The molecular weight excluding hydrogens is 461 g/mol. The van der Waals surface area contributed by atoms with Crippen molar-refractivity contribution in [3.8, 4) is 0 Å². The molecule has 1 saturated heterocycles. The maximum atomic E-state index is 13.8. The van der Waals surface area contributed by atoms with Crippen LogP contribution < -0.4 is 10.0 Å². The normalized spacial score (nSPS) is 16.5. The first kappa shape index (κ1) is 24.3. The third-order valence-electron chi connectivity index (χ3n) is 4.89. The molecule has 1 aliphatic rings. The van der Waals surface area contributed by atoms with Crippen LogP contribution in [0.2, 0.25) is 0 Å². The molecule has 0 bridgehead atoms. The molecule has 0 spiro atoms. The fourth-order valence-electron chi connectivity index (χ4n) is 3.14. The Balaban J connectivity index is 1.76. The lowest BCUT2D eigenvalue weighted by atomic mass is 10.2. The van der Waals surface area contributed by atoms with Gasteiger partial charge in [-0.3, -0.25) is 4.79 Å². The highest BCUT2D eigenvalue weighted by molar-refractivity contribution is 7.89. The number of aryl methyl sites for hydroxylation is 1. The molecule has 1 fully saturated rings. The monoisotopic (exact) mass is 485 g/mol. The first-order valence-corrected chi connectivity index (χ1v) is 12.7. The zero-order valence-corrected chi connectivity index (χ0v) is 19.2. The number of carbonyl (C=O) groups is 1. The Morgan fingerprint density at radius 3 is 2.38 bits per heavy atom. The van der Waals surface area contributed by atoms with Gasteiger partial charge < -0.3 is 10.1 Å². The molecule has 1 amide bonds. The first-order chi connectivity index (χ1) is 15.0. The molecule has 1 heterocycles. The lowest BCUT2D eigenvalue weighted by molar-refractivity contribution is -0.117. The van der Waals surface area contributed by atoms with Crippen LogP contribution in [0.1, 0.15) is 12.5 Å². The number of anilines is 1. The number of benzene rings is 2. The standard InChI is InChI=1S/C20H24FN3O6S2/c1-14-7-8-16(13-19(14)32(28,29)24-9-11-30-12-10-24)22-20(25)15(2)23-31(26,27)18-6-4-3-5-17(18)21/h3-8,13,15,23H,9-12H2,1-2H3,(H,22,25)/t15-/m0/s1. The van der Waals surface area contributed by atoms with Gasteiger partial charge in [-0.15, -0.1) is 0 Å². The highest BCUT2D eigenvalue weighted by atomic mass is 32.2. The Labute approximate surface area is 186 Å². The average Bonchev–Trinajstić information content (AvgIpc) is 2.75. The Hall–Kier alpha value is -2.38. The summed E-state index contributed by atoms with van der Waals surface area (Å²) in [6.07, 6.45) is 0. The highest BCUT2D eigenvalue weighted by Gasteiger charge is 2.29. The quantitative estimate of drug-likeness (QED) is 0.612. The zero-order valence-electron chi connectivity index (χ0n) is 17.5. The third kappa shape index (κ3) is 5.33. The van der Waals surface area contributed by atoms with Gasteiger partial charge in [0.15, 0.2) is 0 Å². The summed E-state index contributed by atoms with van der Waals surface area (Å²) in [6, 6.07) is 7.96. The van der Waals surface area contributed by atoms with Gasteiger partial charge in [-0.25, -0.2) is 21.2 Å². The van der Waals surface area contributed by atoms with E-state index >= 15 is 0 Å². The number of ether oxygens (including phenoxy) is 1. The Morgan fingerprint density at radius 1 is 1.06 bits per heavy atom. The molecule has 2 aromatic rings. The molecule has 32 heavy (non-hydrogen) atoms. The molecular formula is C20H24FN3O6S2. The molecule has 1 atom stereocenters. The van der Waals surface area contributed by atoms with Crippen LogP contribution in [0.15, 0.2) is 52.3 Å². The van der Waals surface area contributed by atoms with Crippen molar-refractivity contribution in [2.24, 2.45) is 0 Å². The number of hydrogen-bond donors (Lipinski definition) is 2. The van der Waals surface area contributed by atoms with E-state index in [9.17, 15) is 26.0 Å². The Kier molecular flexibility index (Phi) is 7.30. The van der Waals surface area contributed by atoms with Crippen LogP contribution in [0.5, 0.6) is 0 Å². The Morgan fingerprint density at radius 2 is 1.72 bits per heavy atom. The number of morpholine rings is 1. The van der Waals surface area contributed by atoms with Crippen molar-refractivity contribution in [3.63, 3.8) is 0 Å². The van der Waals surface area contributed by atoms with Gasteiger partial charge in [-0.2, -0.15) is 9.03 Å². The van der Waals surface area contributed by atoms with E-state index in [0.717, 1.165) is 12.1 Å². The number of halogens is 1. The third-order valence-corrected chi connectivity index (χ3v) is 8.51. The van der Waals surface area contributed by atoms with Gasteiger partial charge in [0.25, 0.3) is 0 Å². The van der Waals surface area contributed by atoms with Crippen molar-refractivity contribution in [1.82, 2.24) is 9.03 Å². The predicted molar refractivity (Wildman–Crippen MR) is 116 cm³/mol. The maximum absolute atomic E-state index is 13.8. The van der Waals surface area contributed by atoms with Gasteiger partial charge in [-0.1, -0.05) is 18.2 Å². The number of nitrogens with one attached hydrogen (secondary N) is 2. The van der Waals surface area contributed by atoms with Crippen molar-refractivity contribution in [2.45, 2.75) is 29.7 Å². The molecule has 174 valence electrons. The van der Waals surface area contributed by atoms with Crippen LogP contribution in [-0.4, -0.2) is 59.4 Å². The van der Waals surface area contributed by atoms with E-state index in [0.29, 0.717) is 18.8 Å². The minimum absolute atomic E-state index is 0.0387. The van der Waals surface area contributed by atoms with Gasteiger partial charge in [0.1, 0.15) is 10.7 Å². The number of amides is 1. The largest absolute Gasteiger partial charge is 0.379 e. The van der Waals surface area contributed by atoms with Gasteiger partial charge >= 0.3 is 0 Å². The average molecular weight is 486 g/mol. The molecule has 2 N–H and O–H groups in total. The van der Waals surface area contributed by atoms with E-state index in [1.165, 1.54) is 35.5 Å². The molecule has 3 rings (SSSR count). The van der Waals surface area contributed by atoms with Gasteiger partial charge in [0.2, 0.25) is 26.0 Å². The minimum atomic E-state index is -4.28. The van der Waals surface area contributed by atoms with E-state index in [2.05, 4.69) is 10.0 Å². The fourth-order valence-corrected chi connectivity index (χ4v) is 6.09. The van der Waals surface area contributed by atoms with E-state index in [1.807, 2.05) is 0 Å².